The molecular weight excluding hydrogens is 326 g/mol. The van der Waals surface area contributed by atoms with E-state index in [1.807, 2.05) is 0 Å². The van der Waals surface area contributed by atoms with E-state index >= 15 is 0 Å². The van der Waals surface area contributed by atoms with Gasteiger partial charge in [0, 0.05) is 0 Å². The van der Waals surface area contributed by atoms with Gasteiger partial charge in [-0.2, -0.15) is 0 Å². The molecule has 0 spiro atoms. The first-order chi connectivity index (χ1) is 11.9. The van der Waals surface area contributed by atoms with Crippen LogP contribution >= 0.6 is 15.8 Å². The number of unbranched alkanes of at least 4 members (excludes halogenated alkanes) is 3. The number of rotatable bonds is 11. The van der Waals surface area contributed by atoms with Gasteiger partial charge in [-0.15, -0.1) is 15.8 Å². The van der Waals surface area contributed by atoms with E-state index in [0.717, 1.165) is 0 Å². The second kappa shape index (κ2) is 9.18. The summed E-state index contributed by atoms with van der Waals surface area (Å²) in [4.78, 5) is 0. The van der Waals surface area contributed by atoms with Gasteiger partial charge in [0.2, 0.25) is 0 Å². The van der Waals surface area contributed by atoms with E-state index in [-0.39, 0.29) is 0 Å². The molecule has 4 rings (SSSR count). The van der Waals surface area contributed by atoms with E-state index < -0.39 is 0 Å². The lowest BCUT2D eigenvalue weighted by molar-refractivity contribution is 0.472. The molecule has 4 aliphatic rings. The summed E-state index contributed by atoms with van der Waals surface area (Å²) >= 11 is 0. The second-order valence-electron chi connectivity index (χ2n) is 9.23. The lowest BCUT2D eigenvalue weighted by Crippen LogP contribution is -2.27. The molecule has 4 fully saturated rings. The standard InChI is InChI=1S/C22H40P2/c1(3-17-23(19-9-5-10-19)20-11-6-12-20)2-4-18-24(21-13-7-14-21)22-15-8-16-22/h19-22H,1-18H2. The quantitative estimate of drug-likeness (QED) is 0.259. The average molecular weight is 367 g/mol. The zero-order chi connectivity index (χ0) is 16.2. The zero-order valence-corrected chi connectivity index (χ0v) is 17.7. The molecule has 2 heteroatoms. The third kappa shape index (κ3) is 4.39. The van der Waals surface area contributed by atoms with Crippen molar-refractivity contribution in [1.29, 1.82) is 0 Å². The van der Waals surface area contributed by atoms with Crippen LogP contribution in [0.1, 0.15) is 103 Å². The molecule has 138 valence electrons. The van der Waals surface area contributed by atoms with Crippen LogP contribution in [0.3, 0.4) is 0 Å². The normalized spacial score (nSPS) is 26.2. The van der Waals surface area contributed by atoms with Gasteiger partial charge in [0.25, 0.3) is 0 Å². The summed E-state index contributed by atoms with van der Waals surface area (Å²) in [6.45, 7) is 0. The van der Waals surface area contributed by atoms with E-state index in [2.05, 4.69) is 0 Å². The highest BCUT2D eigenvalue weighted by Crippen LogP contribution is 2.61. The first kappa shape index (κ1) is 18.2. The van der Waals surface area contributed by atoms with Crippen molar-refractivity contribution >= 4 is 15.8 Å². The molecule has 0 radical (unpaired) electrons. The molecule has 0 amide bonds. The fraction of sp³-hybridized carbons (Fsp3) is 1.00. The van der Waals surface area contributed by atoms with Crippen molar-refractivity contribution in [3.05, 3.63) is 0 Å². The number of hydrogen-bond donors (Lipinski definition) is 0. The summed E-state index contributed by atoms with van der Waals surface area (Å²) in [5, 5.41) is 0. The van der Waals surface area contributed by atoms with E-state index in [4.69, 9.17) is 0 Å². The van der Waals surface area contributed by atoms with Gasteiger partial charge in [0.1, 0.15) is 0 Å². The Balaban J connectivity index is 1.10. The van der Waals surface area contributed by atoms with Crippen LogP contribution in [0.4, 0.5) is 0 Å². The van der Waals surface area contributed by atoms with Gasteiger partial charge in [-0.05, 0) is 99.2 Å². The van der Waals surface area contributed by atoms with Crippen molar-refractivity contribution in [3.8, 4) is 0 Å². The monoisotopic (exact) mass is 366 g/mol. The predicted octanol–water partition coefficient (Wildman–Crippen LogP) is 7.72. The Morgan fingerprint density at radius 1 is 0.417 bits per heavy atom. The topological polar surface area (TPSA) is 0 Å². The highest BCUT2D eigenvalue weighted by molar-refractivity contribution is 7.59. The Hall–Kier alpha value is 0.860. The Labute approximate surface area is 153 Å². The van der Waals surface area contributed by atoms with Crippen molar-refractivity contribution in [1.82, 2.24) is 0 Å². The Morgan fingerprint density at radius 3 is 0.917 bits per heavy atom. The molecule has 0 aliphatic heterocycles. The molecule has 0 aromatic rings. The predicted molar refractivity (Wildman–Crippen MR) is 113 cm³/mol. The minimum Gasteiger partial charge on any atom is -0.100 e. The summed E-state index contributed by atoms with van der Waals surface area (Å²) in [6, 6.07) is 0. The third-order valence-electron chi connectivity index (χ3n) is 7.76. The Kier molecular flexibility index (Phi) is 6.97. The van der Waals surface area contributed by atoms with Crippen molar-refractivity contribution in [2.24, 2.45) is 0 Å². The molecule has 24 heavy (non-hydrogen) atoms. The van der Waals surface area contributed by atoms with E-state index in [1.54, 1.807) is 115 Å². The van der Waals surface area contributed by atoms with E-state index in [9.17, 15) is 0 Å². The minimum absolute atomic E-state index is 0.453. The van der Waals surface area contributed by atoms with Gasteiger partial charge in [0.05, 0.1) is 0 Å². The van der Waals surface area contributed by atoms with Crippen LogP contribution in [0.15, 0.2) is 0 Å². The first-order valence-electron chi connectivity index (χ1n) is 11.4. The molecule has 4 aliphatic carbocycles. The highest BCUT2D eigenvalue weighted by Gasteiger charge is 2.36. The number of hydrogen-bond acceptors (Lipinski definition) is 0. The van der Waals surface area contributed by atoms with Gasteiger partial charge in [-0.1, -0.05) is 38.5 Å². The average Bonchev–Trinajstić information content (AvgIpc) is 2.34. The fourth-order valence-electron chi connectivity index (χ4n) is 5.14. The molecule has 0 N–H and O–H groups in total. The van der Waals surface area contributed by atoms with Gasteiger partial charge in [0.15, 0.2) is 0 Å². The zero-order valence-electron chi connectivity index (χ0n) is 15.9. The van der Waals surface area contributed by atoms with Crippen LogP contribution in [-0.4, -0.2) is 35.0 Å². The van der Waals surface area contributed by atoms with Crippen LogP contribution in [0.5, 0.6) is 0 Å². The summed E-state index contributed by atoms with van der Waals surface area (Å²) in [6.07, 6.45) is 28.7. The van der Waals surface area contributed by atoms with Crippen molar-refractivity contribution < 1.29 is 0 Å². The van der Waals surface area contributed by atoms with Crippen LogP contribution in [0, 0.1) is 0 Å². The Morgan fingerprint density at radius 2 is 0.708 bits per heavy atom. The lowest BCUT2D eigenvalue weighted by atomic mass is 9.99. The molecule has 0 heterocycles. The molecule has 0 saturated heterocycles. The van der Waals surface area contributed by atoms with Crippen molar-refractivity contribution in [3.63, 3.8) is 0 Å². The van der Waals surface area contributed by atoms with E-state index in [1.165, 1.54) is 22.6 Å². The van der Waals surface area contributed by atoms with Gasteiger partial charge < -0.3 is 0 Å². The van der Waals surface area contributed by atoms with Crippen molar-refractivity contribution in [2.75, 3.05) is 12.3 Å². The SMILES string of the molecule is C(CCCP(C1CCC1)C1CCC1)CCP(C1CCC1)C1CCC1. The van der Waals surface area contributed by atoms with Gasteiger partial charge in [-0.25, -0.2) is 0 Å². The van der Waals surface area contributed by atoms with Crippen LogP contribution < -0.4 is 0 Å². The van der Waals surface area contributed by atoms with E-state index in [0.29, 0.717) is 15.8 Å². The largest absolute Gasteiger partial charge is 0.100 e. The molecule has 0 aromatic carbocycles. The first-order valence-corrected chi connectivity index (χ1v) is 14.8. The third-order valence-corrected chi connectivity index (χ3v) is 15.2. The molecule has 4 saturated carbocycles. The molecule has 0 atom stereocenters. The van der Waals surface area contributed by atoms with Crippen LogP contribution in [-0.2, 0) is 0 Å². The Bertz CT molecular complexity index is 302. The molecule has 0 bridgehead atoms. The summed E-state index contributed by atoms with van der Waals surface area (Å²) in [7, 11) is 0.907. The smallest absolute Gasteiger partial charge is 0.0207 e. The molecular formula is C22H40P2. The maximum atomic E-state index is 1.66. The maximum absolute atomic E-state index is 1.66. The molecule has 0 unspecified atom stereocenters. The van der Waals surface area contributed by atoms with Crippen LogP contribution in [0.25, 0.3) is 0 Å². The lowest BCUT2D eigenvalue weighted by Gasteiger charge is -2.43. The minimum atomic E-state index is 0.453. The van der Waals surface area contributed by atoms with Crippen LogP contribution in [0.2, 0.25) is 0 Å². The highest BCUT2D eigenvalue weighted by atomic mass is 31.1. The van der Waals surface area contributed by atoms with Crippen molar-refractivity contribution in [2.45, 2.75) is 125 Å². The fourth-order valence-corrected chi connectivity index (χ4v) is 13.1. The summed E-state index contributed by atoms with van der Waals surface area (Å²) in [5.74, 6) is 0. The van der Waals surface area contributed by atoms with Gasteiger partial charge in [-0.3, -0.25) is 0 Å². The second-order valence-corrected chi connectivity index (χ2v) is 15.1. The maximum Gasteiger partial charge on any atom is -0.0207 e. The van der Waals surface area contributed by atoms with Gasteiger partial charge >= 0.3 is 0 Å². The molecule has 0 nitrogen and oxygen atoms in total. The molecule has 0 aromatic heterocycles. The summed E-state index contributed by atoms with van der Waals surface area (Å²) in [5.41, 5.74) is 4.87. The summed E-state index contributed by atoms with van der Waals surface area (Å²) < 4.78 is 0.